The first-order chi connectivity index (χ1) is 9.61. The molecule has 0 aromatic heterocycles. The van der Waals surface area contributed by atoms with Gasteiger partial charge in [-0.3, -0.25) is 9.69 Å². The highest BCUT2D eigenvalue weighted by atomic mass is 16.2. The maximum atomic E-state index is 11.8. The summed E-state index contributed by atoms with van der Waals surface area (Å²) < 4.78 is 0. The van der Waals surface area contributed by atoms with Crippen molar-refractivity contribution < 1.29 is 9.59 Å². The van der Waals surface area contributed by atoms with Crippen molar-refractivity contribution in [2.75, 3.05) is 23.3 Å². The molecule has 2 rings (SSSR count). The minimum atomic E-state index is -0.0986. The molecule has 1 saturated heterocycles. The molecule has 0 unspecified atom stereocenters. The summed E-state index contributed by atoms with van der Waals surface area (Å²) in [6.07, 6.45) is 2.72. The van der Waals surface area contributed by atoms with Gasteiger partial charge in [-0.05, 0) is 37.6 Å². The standard InChI is InChI=1S/C15H19N3O2/c1-3-4-11(2)14(19)17-12-5-7-13(8-6-12)18-10-9-16-15(18)20/h4-8H,3,9-10H2,1-2H3,(H,16,20)(H,17,19). The molecule has 1 aliphatic heterocycles. The third-order valence-corrected chi connectivity index (χ3v) is 3.16. The molecule has 2 N–H and O–H groups in total. The highest BCUT2D eigenvalue weighted by Gasteiger charge is 2.20. The van der Waals surface area contributed by atoms with Gasteiger partial charge in [-0.15, -0.1) is 0 Å². The Hall–Kier alpha value is -2.30. The molecule has 106 valence electrons. The number of benzene rings is 1. The summed E-state index contributed by atoms with van der Waals surface area (Å²) in [5.41, 5.74) is 2.26. The maximum absolute atomic E-state index is 11.8. The van der Waals surface area contributed by atoms with E-state index in [9.17, 15) is 9.59 Å². The van der Waals surface area contributed by atoms with Crippen molar-refractivity contribution in [2.45, 2.75) is 20.3 Å². The van der Waals surface area contributed by atoms with Crippen LogP contribution in [0.15, 0.2) is 35.9 Å². The Kier molecular flexibility index (Phi) is 4.40. The van der Waals surface area contributed by atoms with E-state index in [0.29, 0.717) is 18.7 Å². The summed E-state index contributed by atoms with van der Waals surface area (Å²) in [6.45, 7) is 5.12. The Morgan fingerprint density at radius 3 is 2.65 bits per heavy atom. The average Bonchev–Trinajstić information content (AvgIpc) is 2.86. The third kappa shape index (κ3) is 3.17. The molecular weight excluding hydrogens is 254 g/mol. The molecule has 0 bridgehead atoms. The van der Waals surface area contributed by atoms with E-state index in [-0.39, 0.29) is 11.9 Å². The van der Waals surface area contributed by atoms with Gasteiger partial charge >= 0.3 is 6.03 Å². The van der Waals surface area contributed by atoms with Gasteiger partial charge in [0.05, 0.1) is 0 Å². The number of carbonyl (C=O) groups is 2. The van der Waals surface area contributed by atoms with Crippen molar-refractivity contribution in [3.8, 4) is 0 Å². The number of hydrogen-bond donors (Lipinski definition) is 2. The van der Waals surface area contributed by atoms with E-state index in [1.54, 1.807) is 24.0 Å². The lowest BCUT2D eigenvalue weighted by molar-refractivity contribution is -0.112. The minimum absolute atomic E-state index is 0.0801. The second-order valence-corrected chi connectivity index (χ2v) is 4.68. The van der Waals surface area contributed by atoms with Crippen LogP contribution in [-0.2, 0) is 4.79 Å². The van der Waals surface area contributed by atoms with Crippen molar-refractivity contribution in [3.05, 3.63) is 35.9 Å². The first-order valence-corrected chi connectivity index (χ1v) is 6.75. The van der Waals surface area contributed by atoms with Crippen molar-refractivity contribution in [1.82, 2.24) is 5.32 Å². The Bertz CT molecular complexity index is 535. The van der Waals surface area contributed by atoms with Crippen LogP contribution in [0.4, 0.5) is 16.2 Å². The van der Waals surface area contributed by atoms with Crippen molar-refractivity contribution in [1.29, 1.82) is 0 Å². The molecule has 0 spiro atoms. The van der Waals surface area contributed by atoms with Crippen LogP contribution in [0.1, 0.15) is 20.3 Å². The normalized spacial score (nSPS) is 15.2. The molecule has 1 heterocycles. The summed E-state index contributed by atoms with van der Waals surface area (Å²) in [6, 6.07) is 7.19. The van der Waals surface area contributed by atoms with Gasteiger partial charge in [-0.25, -0.2) is 4.79 Å². The van der Waals surface area contributed by atoms with Crippen LogP contribution in [-0.4, -0.2) is 25.0 Å². The van der Waals surface area contributed by atoms with Gasteiger partial charge in [0.2, 0.25) is 0 Å². The van der Waals surface area contributed by atoms with Gasteiger partial charge in [0.25, 0.3) is 5.91 Å². The van der Waals surface area contributed by atoms with Crippen LogP contribution in [0, 0.1) is 0 Å². The molecule has 0 saturated carbocycles. The Balaban J connectivity index is 2.03. The quantitative estimate of drug-likeness (QED) is 0.828. The van der Waals surface area contributed by atoms with E-state index in [0.717, 1.165) is 17.8 Å². The highest BCUT2D eigenvalue weighted by molar-refractivity contribution is 6.03. The zero-order valence-electron chi connectivity index (χ0n) is 11.8. The SMILES string of the molecule is CCC=C(C)C(=O)Nc1ccc(N2CCNC2=O)cc1. The van der Waals surface area contributed by atoms with E-state index in [1.165, 1.54) is 0 Å². The van der Waals surface area contributed by atoms with Crippen molar-refractivity contribution in [2.24, 2.45) is 0 Å². The van der Waals surface area contributed by atoms with Gasteiger partial charge in [0, 0.05) is 30.0 Å². The molecule has 5 heteroatoms. The molecule has 0 radical (unpaired) electrons. The average molecular weight is 273 g/mol. The molecule has 0 atom stereocenters. The molecule has 3 amide bonds. The van der Waals surface area contributed by atoms with Gasteiger partial charge < -0.3 is 10.6 Å². The van der Waals surface area contributed by atoms with Crippen LogP contribution >= 0.6 is 0 Å². The van der Waals surface area contributed by atoms with Gasteiger partial charge in [-0.2, -0.15) is 0 Å². The number of allylic oxidation sites excluding steroid dienone is 1. The van der Waals surface area contributed by atoms with Crippen LogP contribution < -0.4 is 15.5 Å². The summed E-state index contributed by atoms with van der Waals surface area (Å²) in [4.78, 5) is 25.1. The first-order valence-electron chi connectivity index (χ1n) is 6.75. The van der Waals surface area contributed by atoms with E-state index >= 15 is 0 Å². The van der Waals surface area contributed by atoms with Gasteiger partial charge in [0.1, 0.15) is 0 Å². The first kappa shape index (κ1) is 14.1. The lowest BCUT2D eigenvalue weighted by Crippen LogP contribution is -2.27. The fourth-order valence-electron chi connectivity index (χ4n) is 2.07. The summed E-state index contributed by atoms with van der Waals surface area (Å²) in [7, 11) is 0. The molecule has 0 aliphatic carbocycles. The van der Waals surface area contributed by atoms with E-state index < -0.39 is 0 Å². The van der Waals surface area contributed by atoms with Crippen LogP contribution in [0.25, 0.3) is 0 Å². The number of amides is 3. The zero-order chi connectivity index (χ0) is 14.5. The number of rotatable bonds is 4. The molecule has 5 nitrogen and oxygen atoms in total. The monoisotopic (exact) mass is 273 g/mol. The van der Waals surface area contributed by atoms with Crippen LogP contribution in [0.2, 0.25) is 0 Å². The molecule has 1 aromatic carbocycles. The third-order valence-electron chi connectivity index (χ3n) is 3.16. The largest absolute Gasteiger partial charge is 0.336 e. The topological polar surface area (TPSA) is 61.4 Å². The second kappa shape index (κ2) is 6.23. The van der Waals surface area contributed by atoms with Crippen molar-refractivity contribution >= 4 is 23.3 Å². The fraction of sp³-hybridized carbons (Fsp3) is 0.333. The van der Waals surface area contributed by atoms with Crippen molar-refractivity contribution in [3.63, 3.8) is 0 Å². The number of urea groups is 1. The Morgan fingerprint density at radius 2 is 2.10 bits per heavy atom. The number of anilines is 2. The predicted octanol–water partition coefficient (Wildman–Crippen LogP) is 2.51. The molecule has 1 aromatic rings. The van der Waals surface area contributed by atoms with E-state index in [2.05, 4.69) is 10.6 Å². The zero-order valence-corrected chi connectivity index (χ0v) is 11.8. The Labute approximate surface area is 118 Å². The molecule has 1 aliphatic rings. The maximum Gasteiger partial charge on any atom is 0.321 e. The Morgan fingerprint density at radius 1 is 1.40 bits per heavy atom. The summed E-state index contributed by atoms with van der Waals surface area (Å²) in [5, 5.41) is 5.58. The van der Waals surface area contributed by atoms with Crippen LogP contribution in [0.5, 0.6) is 0 Å². The molecular formula is C15H19N3O2. The lowest BCUT2D eigenvalue weighted by Gasteiger charge is -2.14. The highest BCUT2D eigenvalue weighted by Crippen LogP contribution is 2.19. The fourth-order valence-corrected chi connectivity index (χ4v) is 2.07. The number of nitrogens with zero attached hydrogens (tertiary/aromatic N) is 1. The lowest BCUT2D eigenvalue weighted by atomic mass is 10.2. The molecule has 1 fully saturated rings. The van der Waals surface area contributed by atoms with Gasteiger partial charge in [-0.1, -0.05) is 13.0 Å². The van der Waals surface area contributed by atoms with Gasteiger partial charge in [0.15, 0.2) is 0 Å². The predicted molar refractivity (Wildman–Crippen MR) is 79.9 cm³/mol. The number of nitrogens with one attached hydrogen (secondary N) is 2. The minimum Gasteiger partial charge on any atom is -0.336 e. The summed E-state index contributed by atoms with van der Waals surface area (Å²) in [5.74, 6) is -0.0986. The summed E-state index contributed by atoms with van der Waals surface area (Å²) >= 11 is 0. The van der Waals surface area contributed by atoms with Crippen LogP contribution in [0.3, 0.4) is 0 Å². The van der Waals surface area contributed by atoms with E-state index in [4.69, 9.17) is 0 Å². The smallest absolute Gasteiger partial charge is 0.321 e. The second-order valence-electron chi connectivity index (χ2n) is 4.68. The van der Waals surface area contributed by atoms with E-state index in [1.807, 2.05) is 25.1 Å². The number of hydrogen-bond acceptors (Lipinski definition) is 2. The molecule has 20 heavy (non-hydrogen) atoms. The number of carbonyl (C=O) groups excluding carboxylic acids is 2.